The molecule has 0 aromatic carbocycles. The first-order valence-electron chi connectivity index (χ1n) is 6.24. The van der Waals surface area contributed by atoms with Gasteiger partial charge in [0.15, 0.2) is 0 Å². The molecule has 0 heterocycles. The third-order valence-corrected chi connectivity index (χ3v) is 16.2. The molecule has 0 rings (SSSR count). The molecule has 0 amide bonds. The van der Waals surface area contributed by atoms with Gasteiger partial charge in [-0.1, -0.05) is 0 Å². The molecule has 0 fully saturated rings. The van der Waals surface area contributed by atoms with Crippen LogP contribution in [0.1, 0.15) is 53.4 Å². The van der Waals surface area contributed by atoms with Gasteiger partial charge in [-0.3, -0.25) is 0 Å². The van der Waals surface area contributed by atoms with Gasteiger partial charge in [0, 0.05) is 0 Å². The van der Waals surface area contributed by atoms with Crippen LogP contribution < -0.4 is 0 Å². The van der Waals surface area contributed by atoms with Crippen molar-refractivity contribution >= 4 is 13.3 Å². The molecule has 80 valence electrons. The van der Waals surface area contributed by atoms with E-state index < -0.39 is 13.3 Å². The molecule has 0 radical (unpaired) electrons. The van der Waals surface area contributed by atoms with Crippen molar-refractivity contribution in [2.45, 2.75) is 74.4 Å². The summed E-state index contributed by atoms with van der Waals surface area (Å²) >= 11 is -1.32. The Labute approximate surface area is 87.9 Å². The predicted molar refractivity (Wildman–Crippen MR) is 66.1 cm³/mol. The van der Waals surface area contributed by atoms with E-state index in [2.05, 4.69) is 27.7 Å². The van der Waals surface area contributed by atoms with Gasteiger partial charge in [0.1, 0.15) is 0 Å². The molecular formula is C12H28Ge. The van der Waals surface area contributed by atoms with Crippen molar-refractivity contribution in [3.63, 3.8) is 0 Å². The third-order valence-electron chi connectivity index (χ3n) is 3.12. The van der Waals surface area contributed by atoms with Gasteiger partial charge in [-0.25, -0.2) is 0 Å². The first kappa shape index (κ1) is 13.5. The first-order valence-corrected chi connectivity index (χ1v) is 12.2. The second-order valence-electron chi connectivity index (χ2n) is 4.50. The summed E-state index contributed by atoms with van der Waals surface area (Å²) in [5.74, 6) is 0. The second-order valence-corrected chi connectivity index (χ2v) is 15.0. The standard InChI is InChI=1S/C12H28Ge/c1-5-9-13(10-6-2,11-7-3)12-8-4/h5-12H2,1-4H3. The topological polar surface area (TPSA) is 0 Å². The van der Waals surface area contributed by atoms with Gasteiger partial charge in [-0.2, -0.15) is 0 Å². The Morgan fingerprint density at radius 2 is 0.769 bits per heavy atom. The second kappa shape index (κ2) is 7.90. The Balaban J connectivity index is 4.19. The van der Waals surface area contributed by atoms with E-state index in [1.165, 1.54) is 25.7 Å². The fourth-order valence-corrected chi connectivity index (χ4v) is 14.9. The summed E-state index contributed by atoms with van der Waals surface area (Å²) in [5.41, 5.74) is 0. The molecule has 0 N–H and O–H groups in total. The molecule has 0 saturated heterocycles. The van der Waals surface area contributed by atoms with Gasteiger partial charge in [-0.15, -0.1) is 0 Å². The van der Waals surface area contributed by atoms with E-state index in [0.717, 1.165) is 0 Å². The molecule has 13 heavy (non-hydrogen) atoms. The van der Waals surface area contributed by atoms with Crippen LogP contribution >= 0.6 is 0 Å². The average Bonchev–Trinajstić information content (AvgIpc) is 2.06. The Morgan fingerprint density at radius 1 is 0.538 bits per heavy atom. The number of hydrogen-bond donors (Lipinski definition) is 0. The van der Waals surface area contributed by atoms with Crippen molar-refractivity contribution in [1.82, 2.24) is 0 Å². The van der Waals surface area contributed by atoms with Crippen molar-refractivity contribution in [3.8, 4) is 0 Å². The van der Waals surface area contributed by atoms with E-state index in [4.69, 9.17) is 0 Å². The minimum atomic E-state index is -1.32. The van der Waals surface area contributed by atoms with Crippen LogP contribution in [-0.4, -0.2) is 13.3 Å². The fourth-order valence-electron chi connectivity index (χ4n) is 2.87. The molecule has 0 unspecified atom stereocenters. The maximum atomic E-state index is 2.38. The van der Waals surface area contributed by atoms with Crippen LogP contribution in [0.2, 0.25) is 21.0 Å². The van der Waals surface area contributed by atoms with Crippen molar-refractivity contribution in [3.05, 3.63) is 0 Å². The molecule has 0 aromatic heterocycles. The monoisotopic (exact) mass is 246 g/mol. The van der Waals surface area contributed by atoms with E-state index >= 15 is 0 Å². The van der Waals surface area contributed by atoms with Crippen LogP contribution in [-0.2, 0) is 0 Å². The molecule has 0 bridgehead atoms. The summed E-state index contributed by atoms with van der Waals surface area (Å²) in [7, 11) is 0. The zero-order chi connectivity index (χ0) is 10.2. The van der Waals surface area contributed by atoms with Gasteiger partial charge >= 0.3 is 87.7 Å². The Bertz CT molecular complexity index is 80.2. The molecule has 0 atom stereocenters. The van der Waals surface area contributed by atoms with Crippen molar-refractivity contribution in [1.29, 1.82) is 0 Å². The van der Waals surface area contributed by atoms with E-state index in [1.807, 2.05) is 0 Å². The van der Waals surface area contributed by atoms with Crippen molar-refractivity contribution in [2.75, 3.05) is 0 Å². The summed E-state index contributed by atoms with van der Waals surface area (Å²) < 4.78 is 0. The summed E-state index contributed by atoms with van der Waals surface area (Å²) in [4.78, 5) is 0. The summed E-state index contributed by atoms with van der Waals surface area (Å²) in [5, 5.41) is 6.54. The van der Waals surface area contributed by atoms with Gasteiger partial charge in [0.25, 0.3) is 0 Å². The van der Waals surface area contributed by atoms with Gasteiger partial charge < -0.3 is 0 Å². The summed E-state index contributed by atoms with van der Waals surface area (Å²) in [6.45, 7) is 9.50. The molecule has 1 heteroatoms. The molecule has 0 saturated carbocycles. The first-order chi connectivity index (χ1) is 6.24. The van der Waals surface area contributed by atoms with Crippen molar-refractivity contribution < 1.29 is 0 Å². The predicted octanol–water partition coefficient (Wildman–Crippen LogP) is 5.08. The molecule has 0 spiro atoms. The van der Waals surface area contributed by atoms with E-state index in [0.29, 0.717) is 0 Å². The van der Waals surface area contributed by atoms with Crippen LogP contribution in [0.3, 0.4) is 0 Å². The minimum absolute atomic E-state index is 1.32. The Morgan fingerprint density at radius 3 is 0.923 bits per heavy atom. The van der Waals surface area contributed by atoms with Crippen LogP contribution in [0.15, 0.2) is 0 Å². The summed E-state index contributed by atoms with van der Waals surface area (Å²) in [6, 6.07) is 0. The SMILES string of the molecule is CC[CH2][Ge]([CH2]CC)([CH2]CC)[CH2]CC. The van der Waals surface area contributed by atoms with Crippen LogP contribution in [0, 0.1) is 0 Å². The molecule has 0 aliphatic heterocycles. The van der Waals surface area contributed by atoms with Crippen LogP contribution in [0.4, 0.5) is 0 Å². The normalized spacial score (nSPS) is 12.0. The fraction of sp³-hybridized carbons (Fsp3) is 1.00. The molecule has 0 aromatic rings. The van der Waals surface area contributed by atoms with Gasteiger partial charge in [0.05, 0.1) is 0 Å². The van der Waals surface area contributed by atoms with Crippen molar-refractivity contribution in [2.24, 2.45) is 0 Å². The van der Waals surface area contributed by atoms with E-state index in [9.17, 15) is 0 Å². The summed E-state index contributed by atoms with van der Waals surface area (Å²) in [6.07, 6.45) is 5.78. The molecule has 0 nitrogen and oxygen atoms in total. The zero-order valence-corrected chi connectivity index (χ0v) is 12.3. The number of rotatable bonds is 8. The Kier molecular flexibility index (Phi) is 8.23. The van der Waals surface area contributed by atoms with E-state index in [-0.39, 0.29) is 0 Å². The maximum absolute atomic E-state index is 2.38. The molecule has 0 aliphatic carbocycles. The Hall–Kier alpha value is 0.543. The zero-order valence-electron chi connectivity index (χ0n) is 10.2. The van der Waals surface area contributed by atoms with Crippen LogP contribution in [0.25, 0.3) is 0 Å². The van der Waals surface area contributed by atoms with Crippen LogP contribution in [0.5, 0.6) is 0 Å². The molecular weight excluding hydrogens is 217 g/mol. The quantitative estimate of drug-likeness (QED) is 0.523. The van der Waals surface area contributed by atoms with Gasteiger partial charge in [0.2, 0.25) is 0 Å². The van der Waals surface area contributed by atoms with E-state index in [1.54, 1.807) is 21.0 Å². The average molecular weight is 245 g/mol. The molecule has 0 aliphatic rings. The van der Waals surface area contributed by atoms with Gasteiger partial charge in [-0.05, 0) is 0 Å². The third kappa shape index (κ3) is 5.09. The number of hydrogen-bond acceptors (Lipinski definition) is 0.